The highest BCUT2D eigenvalue weighted by Crippen LogP contribution is 2.40. The van der Waals surface area contributed by atoms with E-state index >= 15 is 0 Å². The molecule has 0 bridgehead atoms. The molecule has 2 aromatic rings. The van der Waals surface area contributed by atoms with Gasteiger partial charge in [-0.2, -0.15) is 0 Å². The fraction of sp³-hybridized carbons (Fsp3) is 0.333. The van der Waals surface area contributed by atoms with Crippen LogP contribution >= 0.6 is 0 Å². The lowest BCUT2D eigenvalue weighted by Gasteiger charge is -2.27. The Kier molecular flexibility index (Phi) is 2.85. The second kappa shape index (κ2) is 4.53. The normalized spacial score (nSPS) is 23.7. The number of carboxylic acids is 1. The molecule has 1 heterocycles. The highest BCUT2D eigenvalue weighted by molar-refractivity contribution is 5.87. The van der Waals surface area contributed by atoms with Crippen molar-refractivity contribution in [3.63, 3.8) is 0 Å². The van der Waals surface area contributed by atoms with E-state index in [0.717, 1.165) is 16.5 Å². The Labute approximate surface area is 110 Å². The van der Waals surface area contributed by atoms with Gasteiger partial charge in [0.1, 0.15) is 11.4 Å². The maximum Gasteiger partial charge on any atom is 0.307 e. The molecule has 1 aromatic carbocycles. The van der Waals surface area contributed by atoms with Gasteiger partial charge in [-0.1, -0.05) is 18.2 Å². The summed E-state index contributed by atoms with van der Waals surface area (Å²) in [7, 11) is 0. The van der Waals surface area contributed by atoms with E-state index in [9.17, 15) is 14.7 Å². The Morgan fingerprint density at radius 2 is 2.11 bits per heavy atom. The Bertz CT molecular complexity index is 640. The zero-order valence-corrected chi connectivity index (χ0v) is 10.3. The summed E-state index contributed by atoms with van der Waals surface area (Å²) in [5.41, 5.74) is 1.58. The first kappa shape index (κ1) is 12.0. The first-order chi connectivity index (χ1) is 9.16. The van der Waals surface area contributed by atoms with Gasteiger partial charge < -0.3 is 9.52 Å². The molecule has 2 atom stereocenters. The Morgan fingerprint density at radius 3 is 2.89 bits per heavy atom. The quantitative estimate of drug-likeness (QED) is 0.899. The third-order valence-corrected chi connectivity index (χ3v) is 3.90. The van der Waals surface area contributed by atoms with Crippen molar-refractivity contribution >= 4 is 22.7 Å². The summed E-state index contributed by atoms with van der Waals surface area (Å²) >= 11 is 0. The average molecular weight is 258 g/mol. The van der Waals surface area contributed by atoms with Crippen molar-refractivity contribution in [2.75, 3.05) is 0 Å². The summed E-state index contributed by atoms with van der Waals surface area (Å²) in [4.78, 5) is 23.0. The van der Waals surface area contributed by atoms with Crippen LogP contribution < -0.4 is 0 Å². The van der Waals surface area contributed by atoms with Crippen molar-refractivity contribution in [3.05, 3.63) is 36.1 Å². The van der Waals surface area contributed by atoms with Crippen LogP contribution in [0.3, 0.4) is 0 Å². The van der Waals surface area contributed by atoms with Crippen LogP contribution in [0.2, 0.25) is 0 Å². The lowest BCUT2D eigenvalue weighted by Crippen LogP contribution is -2.29. The SMILES string of the molecule is O=C1CCC(C(=O)O)C(c2coc3ccccc23)C1. The topological polar surface area (TPSA) is 67.5 Å². The number of para-hydroxylation sites is 1. The number of carbonyl (C=O) groups is 2. The number of furan rings is 1. The van der Waals surface area contributed by atoms with Crippen molar-refractivity contribution in [3.8, 4) is 0 Å². The number of hydrogen-bond donors (Lipinski definition) is 1. The minimum Gasteiger partial charge on any atom is -0.481 e. The zero-order chi connectivity index (χ0) is 13.4. The Hall–Kier alpha value is -2.10. The highest BCUT2D eigenvalue weighted by Gasteiger charge is 2.36. The van der Waals surface area contributed by atoms with Crippen molar-refractivity contribution in [2.45, 2.75) is 25.2 Å². The van der Waals surface area contributed by atoms with E-state index in [1.54, 1.807) is 6.26 Å². The molecule has 4 heteroatoms. The lowest BCUT2D eigenvalue weighted by molar-refractivity contribution is -0.144. The molecule has 0 aliphatic heterocycles. The van der Waals surface area contributed by atoms with Crippen LogP contribution in [0.25, 0.3) is 11.0 Å². The average Bonchev–Trinajstić information content (AvgIpc) is 2.82. The molecule has 1 aliphatic carbocycles. The molecule has 1 aromatic heterocycles. The predicted molar refractivity (Wildman–Crippen MR) is 68.9 cm³/mol. The smallest absolute Gasteiger partial charge is 0.307 e. The van der Waals surface area contributed by atoms with Crippen LogP contribution in [-0.4, -0.2) is 16.9 Å². The molecular weight excluding hydrogens is 244 g/mol. The van der Waals surface area contributed by atoms with Gasteiger partial charge in [0.25, 0.3) is 0 Å². The number of benzene rings is 1. The summed E-state index contributed by atoms with van der Waals surface area (Å²) in [5, 5.41) is 10.2. The summed E-state index contributed by atoms with van der Waals surface area (Å²) in [5.74, 6) is -1.48. The van der Waals surface area contributed by atoms with Gasteiger partial charge in [-0.15, -0.1) is 0 Å². The predicted octanol–water partition coefficient (Wildman–Crippen LogP) is 2.97. The summed E-state index contributed by atoms with van der Waals surface area (Å²) in [6.07, 6.45) is 2.67. The van der Waals surface area contributed by atoms with Gasteiger partial charge in [0.2, 0.25) is 0 Å². The number of ketones is 1. The third kappa shape index (κ3) is 2.03. The minimum atomic E-state index is -0.831. The van der Waals surface area contributed by atoms with E-state index in [4.69, 9.17) is 4.42 Å². The van der Waals surface area contributed by atoms with Crippen molar-refractivity contribution in [1.82, 2.24) is 0 Å². The van der Waals surface area contributed by atoms with Gasteiger partial charge in [0.05, 0.1) is 12.2 Å². The number of fused-ring (bicyclic) bond motifs is 1. The second-order valence-corrected chi connectivity index (χ2v) is 5.02. The Morgan fingerprint density at radius 1 is 1.32 bits per heavy atom. The number of rotatable bonds is 2. The minimum absolute atomic E-state index is 0.132. The van der Waals surface area contributed by atoms with E-state index in [2.05, 4.69) is 0 Å². The number of hydrogen-bond acceptors (Lipinski definition) is 3. The van der Waals surface area contributed by atoms with Crippen LogP contribution in [0.1, 0.15) is 30.7 Å². The van der Waals surface area contributed by atoms with E-state index in [1.807, 2.05) is 24.3 Å². The van der Waals surface area contributed by atoms with E-state index in [0.29, 0.717) is 19.3 Å². The summed E-state index contributed by atoms with van der Waals surface area (Å²) < 4.78 is 5.46. The van der Waals surface area contributed by atoms with Gasteiger partial charge in [-0.25, -0.2) is 0 Å². The van der Waals surface area contributed by atoms with E-state index in [-0.39, 0.29) is 11.7 Å². The Balaban J connectivity index is 2.06. The molecule has 1 saturated carbocycles. The number of Topliss-reactive ketones (excluding diaryl/α,β-unsaturated/α-hetero) is 1. The largest absolute Gasteiger partial charge is 0.481 e. The number of carbonyl (C=O) groups excluding carboxylic acids is 1. The lowest BCUT2D eigenvalue weighted by atomic mass is 9.75. The van der Waals surface area contributed by atoms with Crippen molar-refractivity contribution < 1.29 is 19.1 Å². The molecule has 0 spiro atoms. The molecule has 19 heavy (non-hydrogen) atoms. The first-order valence-electron chi connectivity index (χ1n) is 6.37. The zero-order valence-electron chi connectivity index (χ0n) is 10.3. The fourth-order valence-electron chi connectivity index (χ4n) is 2.92. The van der Waals surface area contributed by atoms with Gasteiger partial charge in [-0.3, -0.25) is 9.59 Å². The van der Waals surface area contributed by atoms with E-state index in [1.165, 1.54) is 0 Å². The summed E-state index contributed by atoms with van der Waals surface area (Å²) in [6, 6.07) is 7.52. The molecule has 0 amide bonds. The van der Waals surface area contributed by atoms with Gasteiger partial charge in [-0.05, 0) is 12.5 Å². The van der Waals surface area contributed by atoms with Crippen molar-refractivity contribution in [1.29, 1.82) is 0 Å². The van der Waals surface area contributed by atoms with Crippen LogP contribution in [0.5, 0.6) is 0 Å². The van der Waals surface area contributed by atoms with Crippen LogP contribution in [0, 0.1) is 5.92 Å². The molecule has 0 radical (unpaired) electrons. The second-order valence-electron chi connectivity index (χ2n) is 5.02. The molecule has 1 fully saturated rings. The maximum atomic E-state index is 11.6. The van der Waals surface area contributed by atoms with Gasteiger partial charge in [0.15, 0.2) is 0 Å². The van der Waals surface area contributed by atoms with Crippen LogP contribution in [0.4, 0.5) is 0 Å². The molecule has 3 rings (SSSR count). The van der Waals surface area contributed by atoms with Gasteiger partial charge in [0, 0.05) is 29.7 Å². The molecule has 98 valence electrons. The van der Waals surface area contributed by atoms with E-state index < -0.39 is 11.9 Å². The standard InChI is InChI=1S/C15H14O4/c16-9-5-6-11(15(17)18)12(7-9)13-8-19-14-4-2-1-3-10(13)14/h1-4,8,11-12H,5-7H2,(H,17,18). The van der Waals surface area contributed by atoms with Crippen LogP contribution in [0.15, 0.2) is 34.9 Å². The summed E-state index contributed by atoms with van der Waals surface area (Å²) in [6.45, 7) is 0. The molecule has 4 nitrogen and oxygen atoms in total. The van der Waals surface area contributed by atoms with Gasteiger partial charge >= 0.3 is 5.97 Å². The van der Waals surface area contributed by atoms with Crippen molar-refractivity contribution in [2.24, 2.45) is 5.92 Å². The van der Waals surface area contributed by atoms with Crippen LogP contribution in [-0.2, 0) is 9.59 Å². The monoisotopic (exact) mass is 258 g/mol. The molecule has 2 unspecified atom stereocenters. The highest BCUT2D eigenvalue weighted by atomic mass is 16.4. The molecular formula is C15H14O4. The first-order valence-corrected chi connectivity index (χ1v) is 6.37. The molecule has 1 N–H and O–H groups in total. The molecule has 0 saturated heterocycles. The number of aliphatic carboxylic acids is 1. The fourth-order valence-corrected chi connectivity index (χ4v) is 2.92. The molecule has 1 aliphatic rings. The number of carboxylic acid groups (broad SMARTS) is 1. The maximum absolute atomic E-state index is 11.6. The third-order valence-electron chi connectivity index (χ3n) is 3.90.